The van der Waals surface area contributed by atoms with Crippen molar-refractivity contribution in [2.75, 3.05) is 32.7 Å². The Kier molecular flexibility index (Phi) is 6.72. The zero-order valence-corrected chi connectivity index (χ0v) is 13.8. The number of nitrogens with one attached hydrogen (secondary N) is 2. The molecule has 0 radical (unpaired) electrons. The molecule has 1 aliphatic heterocycles. The molecule has 2 N–H and O–H groups in total. The molecule has 2 rings (SSSR count). The molecule has 0 atom stereocenters. The molecule has 0 saturated carbocycles. The lowest BCUT2D eigenvalue weighted by Gasteiger charge is -2.15. The third kappa shape index (κ3) is 6.18. The van der Waals surface area contributed by atoms with E-state index in [-0.39, 0.29) is 12.5 Å². The van der Waals surface area contributed by atoms with E-state index in [4.69, 9.17) is 4.42 Å². The number of carbonyl (C=O) groups is 1. The standard InChI is InChI=1S/C17H26N4O2/c1-14(2)12-19-17(18-8-7-15-6-5-11-23-15)20-13-16(22)21-9-3-4-10-21/h5-6,11H,1,3-4,7-10,12-13H2,2H3,(H2,18,19,20). The number of aliphatic imine (C=N–C) groups is 1. The van der Waals surface area contributed by atoms with Crippen LogP contribution >= 0.6 is 0 Å². The van der Waals surface area contributed by atoms with Crippen LogP contribution < -0.4 is 10.6 Å². The fourth-order valence-corrected chi connectivity index (χ4v) is 2.38. The van der Waals surface area contributed by atoms with Gasteiger partial charge in [0.1, 0.15) is 12.3 Å². The highest BCUT2D eigenvalue weighted by Crippen LogP contribution is 2.07. The first-order chi connectivity index (χ1) is 11.1. The van der Waals surface area contributed by atoms with Crippen LogP contribution in [0.15, 0.2) is 40.0 Å². The van der Waals surface area contributed by atoms with E-state index in [0.29, 0.717) is 19.0 Å². The van der Waals surface area contributed by atoms with Crippen LogP contribution in [0.25, 0.3) is 0 Å². The van der Waals surface area contributed by atoms with Crippen molar-refractivity contribution in [1.82, 2.24) is 15.5 Å². The molecule has 1 aliphatic rings. The van der Waals surface area contributed by atoms with Crippen molar-refractivity contribution in [2.45, 2.75) is 26.2 Å². The van der Waals surface area contributed by atoms with Crippen LogP contribution in [0, 0.1) is 0 Å². The molecule has 1 saturated heterocycles. The monoisotopic (exact) mass is 318 g/mol. The molecule has 1 aromatic heterocycles. The van der Waals surface area contributed by atoms with Gasteiger partial charge in [-0.25, -0.2) is 4.99 Å². The van der Waals surface area contributed by atoms with Gasteiger partial charge in [0.05, 0.1) is 6.26 Å². The van der Waals surface area contributed by atoms with E-state index in [2.05, 4.69) is 22.2 Å². The Labute approximate surface area is 137 Å². The summed E-state index contributed by atoms with van der Waals surface area (Å²) in [5, 5.41) is 6.41. The first-order valence-corrected chi connectivity index (χ1v) is 8.12. The minimum absolute atomic E-state index is 0.0879. The van der Waals surface area contributed by atoms with E-state index in [9.17, 15) is 4.79 Å². The van der Waals surface area contributed by atoms with Gasteiger partial charge in [0, 0.05) is 32.6 Å². The highest BCUT2D eigenvalue weighted by atomic mass is 16.3. The lowest BCUT2D eigenvalue weighted by atomic mass is 10.3. The third-order valence-electron chi connectivity index (χ3n) is 3.63. The Hall–Kier alpha value is -2.24. The molecule has 1 aromatic rings. The van der Waals surface area contributed by atoms with Crippen LogP contribution in [0.1, 0.15) is 25.5 Å². The van der Waals surface area contributed by atoms with Gasteiger partial charge in [-0.05, 0) is 31.9 Å². The number of hydrogen-bond donors (Lipinski definition) is 2. The number of amides is 1. The largest absolute Gasteiger partial charge is 0.469 e. The molecular weight excluding hydrogens is 292 g/mol. The number of likely N-dealkylation sites (tertiary alicyclic amines) is 1. The second-order valence-electron chi connectivity index (χ2n) is 5.82. The summed E-state index contributed by atoms with van der Waals surface area (Å²) in [4.78, 5) is 18.3. The Bertz CT molecular complexity index is 531. The fraction of sp³-hybridized carbons (Fsp3) is 0.529. The lowest BCUT2D eigenvalue weighted by molar-refractivity contribution is -0.128. The fourth-order valence-electron chi connectivity index (χ4n) is 2.38. The number of carbonyl (C=O) groups excluding carboxylic acids is 1. The Morgan fingerprint density at radius 3 is 2.83 bits per heavy atom. The van der Waals surface area contributed by atoms with E-state index in [1.165, 1.54) is 0 Å². The normalized spacial score (nSPS) is 14.8. The van der Waals surface area contributed by atoms with Crippen molar-refractivity contribution in [2.24, 2.45) is 4.99 Å². The van der Waals surface area contributed by atoms with Crippen LogP contribution in [0.4, 0.5) is 0 Å². The van der Waals surface area contributed by atoms with Crippen LogP contribution in [-0.4, -0.2) is 49.5 Å². The molecule has 1 fully saturated rings. The van der Waals surface area contributed by atoms with Gasteiger partial charge in [-0.3, -0.25) is 4.79 Å². The average molecular weight is 318 g/mol. The minimum Gasteiger partial charge on any atom is -0.469 e. The van der Waals surface area contributed by atoms with Crippen LogP contribution in [0.3, 0.4) is 0 Å². The first kappa shape index (κ1) is 17.1. The Balaban J connectivity index is 1.82. The zero-order chi connectivity index (χ0) is 16.5. The zero-order valence-electron chi connectivity index (χ0n) is 13.8. The Morgan fingerprint density at radius 2 is 2.17 bits per heavy atom. The van der Waals surface area contributed by atoms with Gasteiger partial charge >= 0.3 is 0 Å². The molecule has 23 heavy (non-hydrogen) atoms. The summed E-state index contributed by atoms with van der Waals surface area (Å²) < 4.78 is 5.30. The predicted octanol–water partition coefficient (Wildman–Crippen LogP) is 1.56. The van der Waals surface area contributed by atoms with Crippen molar-refractivity contribution in [3.8, 4) is 0 Å². The minimum atomic E-state index is 0.0879. The maximum atomic E-state index is 12.1. The number of hydrogen-bond acceptors (Lipinski definition) is 3. The number of rotatable bonds is 7. The summed E-state index contributed by atoms with van der Waals surface area (Å²) in [5.41, 5.74) is 1.01. The SMILES string of the molecule is C=C(C)CNC(=NCC(=O)N1CCCC1)NCCc1ccco1. The van der Waals surface area contributed by atoms with E-state index >= 15 is 0 Å². The topological polar surface area (TPSA) is 69.9 Å². The summed E-state index contributed by atoms with van der Waals surface area (Å²) >= 11 is 0. The number of furan rings is 1. The van der Waals surface area contributed by atoms with Crippen molar-refractivity contribution >= 4 is 11.9 Å². The highest BCUT2D eigenvalue weighted by molar-refractivity contribution is 5.85. The molecule has 6 nitrogen and oxygen atoms in total. The second kappa shape index (κ2) is 9.02. The molecule has 6 heteroatoms. The van der Waals surface area contributed by atoms with Crippen LogP contribution in [0.5, 0.6) is 0 Å². The molecule has 0 aliphatic carbocycles. The van der Waals surface area contributed by atoms with E-state index in [1.54, 1.807) is 6.26 Å². The van der Waals surface area contributed by atoms with Gasteiger partial charge < -0.3 is 20.0 Å². The van der Waals surface area contributed by atoms with E-state index in [1.807, 2.05) is 24.0 Å². The van der Waals surface area contributed by atoms with Crippen LogP contribution in [0.2, 0.25) is 0 Å². The number of nitrogens with zero attached hydrogens (tertiary/aromatic N) is 2. The molecular formula is C17H26N4O2. The molecule has 2 heterocycles. The maximum absolute atomic E-state index is 12.1. The summed E-state index contributed by atoms with van der Waals surface area (Å²) in [5.74, 6) is 1.64. The number of guanidine groups is 1. The maximum Gasteiger partial charge on any atom is 0.244 e. The van der Waals surface area contributed by atoms with Gasteiger partial charge in [-0.15, -0.1) is 0 Å². The molecule has 126 valence electrons. The van der Waals surface area contributed by atoms with Crippen molar-refractivity contribution in [1.29, 1.82) is 0 Å². The summed E-state index contributed by atoms with van der Waals surface area (Å²) in [6.45, 7) is 9.02. The Morgan fingerprint density at radius 1 is 1.39 bits per heavy atom. The first-order valence-electron chi connectivity index (χ1n) is 8.12. The lowest BCUT2D eigenvalue weighted by Crippen LogP contribution is -2.40. The van der Waals surface area contributed by atoms with Gasteiger partial charge in [-0.2, -0.15) is 0 Å². The smallest absolute Gasteiger partial charge is 0.244 e. The predicted molar refractivity (Wildman–Crippen MR) is 91.3 cm³/mol. The van der Waals surface area contributed by atoms with Crippen molar-refractivity contribution < 1.29 is 9.21 Å². The highest BCUT2D eigenvalue weighted by Gasteiger charge is 2.17. The van der Waals surface area contributed by atoms with Gasteiger partial charge in [0.25, 0.3) is 0 Å². The summed E-state index contributed by atoms with van der Waals surface area (Å²) in [7, 11) is 0. The van der Waals surface area contributed by atoms with Crippen molar-refractivity contribution in [3.05, 3.63) is 36.3 Å². The van der Waals surface area contributed by atoms with Crippen molar-refractivity contribution in [3.63, 3.8) is 0 Å². The molecule has 0 aromatic carbocycles. The van der Waals surface area contributed by atoms with Gasteiger partial charge in [0.15, 0.2) is 5.96 Å². The second-order valence-corrected chi connectivity index (χ2v) is 5.82. The van der Waals surface area contributed by atoms with Gasteiger partial charge in [0.2, 0.25) is 5.91 Å². The quantitative estimate of drug-likeness (QED) is 0.455. The summed E-state index contributed by atoms with van der Waals surface area (Å²) in [6.07, 6.45) is 4.62. The van der Waals surface area contributed by atoms with Crippen LogP contribution in [-0.2, 0) is 11.2 Å². The van der Waals surface area contributed by atoms with Gasteiger partial charge in [-0.1, -0.05) is 12.2 Å². The van der Waals surface area contributed by atoms with E-state index < -0.39 is 0 Å². The molecule has 0 spiro atoms. The third-order valence-corrected chi connectivity index (χ3v) is 3.63. The average Bonchev–Trinajstić information content (AvgIpc) is 3.21. The molecule has 1 amide bonds. The molecule has 0 bridgehead atoms. The summed E-state index contributed by atoms with van der Waals surface area (Å²) in [6, 6.07) is 3.81. The molecule has 0 unspecified atom stereocenters. The van der Waals surface area contributed by atoms with E-state index in [0.717, 1.165) is 43.7 Å².